The van der Waals surface area contributed by atoms with Crippen molar-refractivity contribution in [2.24, 2.45) is 0 Å². The summed E-state index contributed by atoms with van der Waals surface area (Å²) in [6.07, 6.45) is 11.7. The Kier molecular flexibility index (Phi) is 7.96. The van der Waals surface area contributed by atoms with Gasteiger partial charge in [-0.2, -0.15) is 0 Å². The molecule has 176 valence electrons. The number of benzene rings is 2. The molecule has 0 unspecified atom stereocenters. The third-order valence-electron chi connectivity index (χ3n) is 5.66. The maximum atomic E-state index is 12.6. The van der Waals surface area contributed by atoms with Gasteiger partial charge in [-0.25, -0.2) is 0 Å². The second kappa shape index (κ2) is 11.7. The average molecular weight is 465 g/mol. The highest BCUT2D eigenvalue weighted by molar-refractivity contribution is 5.96. The highest BCUT2D eigenvalue weighted by Gasteiger charge is 2.11. The summed E-state index contributed by atoms with van der Waals surface area (Å²) < 4.78 is 0. The van der Waals surface area contributed by atoms with Crippen LogP contribution in [0.15, 0.2) is 85.2 Å². The van der Waals surface area contributed by atoms with Crippen molar-refractivity contribution in [2.45, 2.75) is 25.8 Å². The summed E-state index contributed by atoms with van der Waals surface area (Å²) >= 11 is 0. The maximum absolute atomic E-state index is 12.6. The van der Waals surface area contributed by atoms with Crippen molar-refractivity contribution in [1.82, 2.24) is 20.6 Å². The summed E-state index contributed by atoms with van der Waals surface area (Å²) in [5.41, 5.74) is 3.46. The predicted octanol–water partition coefficient (Wildman–Crippen LogP) is 4.91. The number of carbonyl (C=O) groups is 2. The lowest BCUT2D eigenvalue weighted by atomic mass is 10.1. The van der Waals surface area contributed by atoms with Crippen LogP contribution in [0.5, 0.6) is 0 Å². The number of para-hydroxylation sites is 2. The standard InChI is InChI=1S/C29H28N4O2/c1-2-7-25(33-27(35)17-15-24-11-4-9-22-13-6-19-31-29(22)24)20-32-26(34)16-14-23-10-3-8-21-12-5-18-30-28(21)23/h3-6,8-19,25H,2,7,20H2,1H3,(H,32,34)(H,33,35)/b16-14-,17-15+/t25-/m1/s1. The van der Waals surface area contributed by atoms with Crippen LogP contribution >= 0.6 is 0 Å². The van der Waals surface area contributed by atoms with Gasteiger partial charge in [0.05, 0.1) is 11.0 Å². The number of amides is 2. The number of hydrogen-bond acceptors (Lipinski definition) is 4. The Morgan fingerprint density at radius 2 is 1.34 bits per heavy atom. The lowest BCUT2D eigenvalue weighted by molar-refractivity contribution is -0.119. The van der Waals surface area contributed by atoms with Gasteiger partial charge in [0.1, 0.15) is 0 Å². The molecular weight excluding hydrogens is 436 g/mol. The Morgan fingerprint density at radius 3 is 1.91 bits per heavy atom. The van der Waals surface area contributed by atoms with E-state index in [1.807, 2.05) is 67.6 Å². The number of carbonyl (C=O) groups excluding carboxylic acids is 2. The first-order valence-electron chi connectivity index (χ1n) is 11.8. The van der Waals surface area contributed by atoms with Gasteiger partial charge in [0, 0.05) is 59.0 Å². The summed E-state index contributed by atoms with van der Waals surface area (Å²) in [5, 5.41) is 7.93. The smallest absolute Gasteiger partial charge is 0.244 e. The van der Waals surface area contributed by atoms with E-state index in [-0.39, 0.29) is 17.9 Å². The van der Waals surface area contributed by atoms with Gasteiger partial charge in [-0.1, -0.05) is 61.9 Å². The Bertz CT molecular complexity index is 1380. The van der Waals surface area contributed by atoms with Gasteiger partial charge in [0.2, 0.25) is 11.8 Å². The quantitative estimate of drug-likeness (QED) is 0.345. The first-order chi connectivity index (χ1) is 17.1. The van der Waals surface area contributed by atoms with E-state index in [1.165, 1.54) is 12.2 Å². The Morgan fingerprint density at radius 1 is 0.800 bits per heavy atom. The summed E-state index contributed by atoms with van der Waals surface area (Å²) in [6.45, 7) is 2.40. The molecular formula is C29H28N4O2. The van der Waals surface area contributed by atoms with Gasteiger partial charge < -0.3 is 10.6 Å². The first kappa shape index (κ1) is 23.8. The normalized spacial score (nSPS) is 12.4. The molecule has 2 amide bonds. The number of nitrogens with zero attached hydrogens (tertiary/aromatic N) is 2. The van der Waals surface area contributed by atoms with Crippen LogP contribution in [0, 0.1) is 0 Å². The fraction of sp³-hybridized carbons (Fsp3) is 0.172. The van der Waals surface area contributed by atoms with E-state index in [0.29, 0.717) is 6.54 Å². The highest BCUT2D eigenvalue weighted by atomic mass is 16.2. The molecule has 2 N–H and O–H groups in total. The van der Waals surface area contributed by atoms with Gasteiger partial charge in [-0.3, -0.25) is 19.6 Å². The summed E-state index contributed by atoms with van der Waals surface area (Å²) in [6, 6.07) is 19.3. The summed E-state index contributed by atoms with van der Waals surface area (Å²) in [7, 11) is 0. The molecule has 0 saturated heterocycles. The van der Waals surface area contributed by atoms with Crippen LogP contribution in [-0.4, -0.2) is 34.4 Å². The van der Waals surface area contributed by atoms with E-state index in [4.69, 9.17) is 0 Å². The molecule has 0 aliphatic carbocycles. The molecule has 1 atom stereocenters. The maximum Gasteiger partial charge on any atom is 0.244 e. The van der Waals surface area contributed by atoms with Crippen LogP contribution in [0.4, 0.5) is 0 Å². The molecule has 35 heavy (non-hydrogen) atoms. The van der Waals surface area contributed by atoms with Gasteiger partial charge >= 0.3 is 0 Å². The minimum Gasteiger partial charge on any atom is -0.350 e. The number of fused-ring (bicyclic) bond motifs is 2. The predicted molar refractivity (Wildman–Crippen MR) is 141 cm³/mol. The van der Waals surface area contributed by atoms with E-state index >= 15 is 0 Å². The minimum atomic E-state index is -0.217. The van der Waals surface area contributed by atoms with Crippen molar-refractivity contribution in [2.75, 3.05) is 6.54 Å². The molecule has 6 heteroatoms. The molecule has 0 bridgehead atoms. The largest absolute Gasteiger partial charge is 0.350 e. The van der Waals surface area contributed by atoms with Gasteiger partial charge in [-0.15, -0.1) is 0 Å². The molecule has 0 radical (unpaired) electrons. The van der Waals surface area contributed by atoms with Crippen molar-refractivity contribution in [3.05, 3.63) is 96.3 Å². The second-order valence-electron chi connectivity index (χ2n) is 8.25. The molecule has 0 saturated carbocycles. The molecule has 2 heterocycles. The van der Waals surface area contributed by atoms with E-state index in [9.17, 15) is 9.59 Å². The molecule has 4 rings (SSSR count). The topological polar surface area (TPSA) is 84.0 Å². The van der Waals surface area contributed by atoms with E-state index < -0.39 is 0 Å². The van der Waals surface area contributed by atoms with Crippen LogP contribution in [-0.2, 0) is 9.59 Å². The van der Waals surface area contributed by atoms with Crippen LogP contribution in [0.2, 0.25) is 0 Å². The molecule has 0 aliphatic rings. The van der Waals surface area contributed by atoms with E-state index in [2.05, 4.69) is 20.6 Å². The zero-order chi connectivity index (χ0) is 24.5. The Hall–Kier alpha value is -4.32. The SMILES string of the molecule is CCC[C@H](CNC(=O)/C=C\c1cccc2cccnc12)NC(=O)/C=C/c1cccc2cccnc12. The van der Waals surface area contributed by atoms with Crippen molar-refractivity contribution >= 4 is 45.8 Å². The van der Waals surface area contributed by atoms with Crippen molar-refractivity contribution in [3.63, 3.8) is 0 Å². The highest BCUT2D eigenvalue weighted by Crippen LogP contribution is 2.18. The monoisotopic (exact) mass is 464 g/mol. The molecule has 0 spiro atoms. The summed E-state index contributed by atoms with van der Waals surface area (Å²) in [5.74, 6) is -0.423. The van der Waals surface area contributed by atoms with Crippen molar-refractivity contribution < 1.29 is 9.59 Å². The molecule has 0 aliphatic heterocycles. The third-order valence-corrected chi connectivity index (χ3v) is 5.66. The van der Waals surface area contributed by atoms with Gasteiger partial charge in [0.15, 0.2) is 0 Å². The molecule has 0 fully saturated rings. The van der Waals surface area contributed by atoms with E-state index in [0.717, 1.165) is 45.8 Å². The third kappa shape index (κ3) is 6.38. The second-order valence-corrected chi connectivity index (χ2v) is 8.25. The number of rotatable bonds is 9. The first-order valence-corrected chi connectivity index (χ1v) is 11.8. The van der Waals surface area contributed by atoms with Crippen molar-refractivity contribution in [3.8, 4) is 0 Å². The van der Waals surface area contributed by atoms with Crippen LogP contribution in [0.25, 0.3) is 34.0 Å². The number of hydrogen-bond donors (Lipinski definition) is 2. The Labute approximate surface area is 204 Å². The van der Waals surface area contributed by atoms with Crippen molar-refractivity contribution in [1.29, 1.82) is 0 Å². The van der Waals surface area contributed by atoms with Crippen LogP contribution in [0.3, 0.4) is 0 Å². The molecule has 6 nitrogen and oxygen atoms in total. The minimum absolute atomic E-state index is 0.167. The van der Waals surface area contributed by atoms with Crippen LogP contribution < -0.4 is 10.6 Å². The zero-order valence-electron chi connectivity index (χ0n) is 19.6. The number of nitrogens with one attached hydrogen (secondary N) is 2. The fourth-order valence-corrected chi connectivity index (χ4v) is 3.96. The van der Waals surface area contributed by atoms with E-state index in [1.54, 1.807) is 24.5 Å². The molecule has 2 aromatic heterocycles. The zero-order valence-corrected chi connectivity index (χ0v) is 19.6. The summed E-state index contributed by atoms with van der Waals surface area (Å²) in [4.78, 5) is 33.8. The lowest BCUT2D eigenvalue weighted by Crippen LogP contribution is -2.42. The number of pyridine rings is 2. The molecule has 4 aromatic rings. The lowest BCUT2D eigenvalue weighted by Gasteiger charge is -2.17. The van der Waals surface area contributed by atoms with Crippen LogP contribution in [0.1, 0.15) is 30.9 Å². The molecule has 2 aromatic carbocycles. The Balaban J connectivity index is 1.34. The van der Waals surface area contributed by atoms with Gasteiger partial charge in [0.25, 0.3) is 0 Å². The number of aromatic nitrogens is 2. The van der Waals surface area contributed by atoms with Gasteiger partial charge in [-0.05, 0) is 30.7 Å². The average Bonchev–Trinajstić information content (AvgIpc) is 2.89. The fourth-order valence-electron chi connectivity index (χ4n) is 3.96.